The average Bonchev–Trinajstić information content (AvgIpc) is 3.96. The number of hydrogen-bond acceptors (Lipinski definition) is 15. The Bertz CT molecular complexity index is 2210. The summed E-state index contributed by atoms with van der Waals surface area (Å²) in [5.74, 6) is -0.518. The molecule has 0 saturated carbocycles. The first-order valence-corrected chi connectivity index (χ1v) is 24.8. The van der Waals surface area contributed by atoms with E-state index < -0.39 is 48.4 Å². The Morgan fingerprint density at radius 3 is 2.55 bits per heavy atom. The lowest BCUT2D eigenvalue weighted by Crippen LogP contribution is -2.50. The van der Waals surface area contributed by atoms with Crippen molar-refractivity contribution in [2.75, 3.05) is 13.2 Å². The molecule has 4 saturated heterocycles. The van der Waals surface area contributed by atoms with Crippen molar-refractivity contribution < 1.29 is 62.8 Å². The molecule has 2 aromatic rings. The van der Waals surface area contributed by atoms with Gasteiger partial charge < -0.3 is 58.1 Å². The SMILES string of the molecule is B/C=C/C[C@H](/C=C/C(C)=C/[C@@H](O)[C@H]1C[C@@H](CO)C[C@@](O)(Cc2nc(/C=C(\C)[C@@H]3O[C@@H]4C/C=C/c5nc(co5)[C@H]5C[C@H](O)C[C@@H](C[C@H]6CC(=C)C[C@H](C/C=C\C(=O)O[C@@H]([C@H]4C)[C@H]3C)O6)O5)co2)O1)CO. The van der Waals surface area contributed by atoms with Gasteiger partial charge in [0.25, 0.3) is 0 Å². The first-order valence-electron chi connectivity index (χ1n) is 24.8. The number of aliphatic hydroxyl groups is 5. The molecule has 0 amide bonds. The second-order valence-electron chi connectivity index (χ2n) is 20.1. The normalized spacial score (nSPS) is 36.1. The van der Waals surface area contributed by atoms with E-state index in [-0.39, 0.29) is 80.0 Å². The van der Waals surface area contributed by atoms with Gasteiger partial charge in [-0.15, -0.1) is 5.98 Å². The lowest BCUT2D eigenvalue weighted by Gasteiger charge is -2.44. The van der Waals surface area contributed by atoms with Gasteiger partial charge in [-0.3, -0.25) is 0 Å². The quantitative estimate of drug-likeness (QED) is 0.0695. The Hall–Kier alpha value is -4.23. The van der Waals surface area contributed by atoms with Gasteiger partial charge in [0, 0.05) is 56.3 Å². The molecule has 4 fully saturated rings. The standard InChI is InChI=1S/C53H73BN2O13/c1-31(14-15-36(27-57)9-8-16-54)19-44(60)47-21-37(28-58)25-53(62,69-47)26-49-55-38(29-63-49)20-33(3)51-35(5)52-34(4)45(67-51)11-7-12-48-56-43(30-64-48)46-23-39(59)22-42(66-46)24-41-18-32(2)17-40(65-41)10-6-13-50(61)68-52/h6-8,12-16,19-20,29-30,34-37,39-42,44-47,51-52,57-60,62H,2,9-11,17-18,21-28,54H2,1,3-5H3/b12-7+,13-6-,15-14+,16-8+,31-19+,33-20+/t34-,35-,36+,37+,39+,40-,41+,42-,44+,45+,46+,47+,51-,52-,53-/m0/s1. The fourth-order valence-corrected chi connectivity index (χ4v) is 10.6. The molecule has 8 bridgehead atoms. The third kappa shape index (κ3) is 14.5. The van der Waals surface area contributed by atoms with Crippen LogP contribution in [0.5, 0.6) is 0 Å². The monoisotopic (exact) mass is 957 g/mol. The van der Waals surface area contributed by atoms with E-state index >= 15 is 0 Å². The summed E-state index contributed by atoms with van der Waals surface area (Å²) in [6, 6.07) is 0. The third-order valence-electron chi connectivity index (χ3n) is 14.1. The fourth-order valence-electron chi connectivity index (χ4n) is 10.6. The zero-order valence-electron chi connectivity index (χ0n) is 40.8. The fraction of sp³-hybridized carbons (Fsp3) is 0.604. The number of hydrogen-bond donors (Lipinski definition) is 5. The van der Waals surface area contributed by atoms with Crippen molar-refractivity contribution in [3.63, 3.8) is 0 Å². The second-order valence-corrected chi connectivity index (χ2v) is 20.1. The molecule has 2 aromatic heterocycles. The number of aromatic nitrogens is 2. The Balaban J connectivity index is 1.06. The molecule has 376 valence electrons. The molecule has 15 atom stereocenters. The van der Waals surface area contributed by atoms with Gasteiger partial charge in [0.1, 0.15) is 44.0 Å². The van der Waals surface area contributed by atoms with Crippen LogP contribution in [0.15, 0.2) is 93.2 Å². The summed E-state index contributed by atoms with van der Waals surface area (Å²) in [5.41, 5.74) is 3.77. The van der Waals surface area contributed by atoms with Crippen molar-refractivity contribution >= 4 is 26.0 Å². The summed E-state index contributed by atoms with van der Waals surface area (Å²) in [6.45, 7) is 11.9. The van der Waals surface area contributed by atoms with Gasteiger partial charge in [0.2, 0.25) is 5.89 Å². The molecule has 5 aliphatic heterocycles. The number of ether oxygens (including phenoxy) is 5. The maximum atomic E-state index is 13.5. The van der Waals surface area contributed by atoms with Crippen LogP contribution in [0.3, 0.4) is 0 Å². The second kappa shape index (κ2) is 24.3. The summed E-state index contributed by atoms with van der Waals surface area (Å²) < 4.78 is 43.9. The maximum Gasteiger partial charge on any atom is 0.330 e. The van der Waals surface area contributed by atoms with Crippen LogP contribution in [0, 0.1) is 23.7 Å². The van der Waals surface area contributed by atoms with Gasteiger partial charge in [-0.1, -0.05) is 68.0 Å². The van der Waals surface area contributed by atoms with Crippen LogP contribution in [0.4, 0.5) is 0 Å². The van der Waals surface area contributed by atoms with Crippen molar-refractivity contribution in [1.82, 2.24) is 9.97 Å². The van der Waals surface area contributed by atoms with Crippen molar-refractivity contribution in [3.05, 3.63) is 108 Å². The van der Waals surface area contributed by atoms with Gasteiger partial charge in [0.05, 0.1) is 55.3 Å². The van der Waals surface area contributed by atoms with Crippen molar-refractivity contribution in [2.24, 2.45) is 23.7 Å². The predicted octanol–water partition coefficient (Wildman–Crippen LogP) is 6.18. The Kier molecular flexibility index (Phi) is 18.5. The minimum Gasteiger partial charge on any atom is -0.458 e. The number of nitrogens with zero attached hydrogens (tertiary/aromatic N) is 2. The Morgan fingerprint density at radius 1 is 0.971 bits per heavy atom. The highest BCUT2D eigenvalue weighted by molar-refractivity contribution is 6.16. The van der Waals surface area contributed by atoms with E-state index in [9.17, 15) is 30.3 Å². The lowest BCUT2D eigenvalue weighted by molar-refractivity contribution is -0.279. The van der Waals surface area contributed by atoms with E-state index in [0.29, 0.717) is 75.1 Å². The molecule has 0 spiro atoms. The van der Waals surface area contributed by atoms with Crippen molar-refractivity contribution in [1.29, 1.82) is 0 Å². The van der Waals surface area contributed by atoms with Gasteiger partial charge in [-0.2, -0.15) is 0 Å². The average molecular weight is 957 g/mol. The van der Waals surface area contributed by atoms with Gasteiger partial charge in [0.15, 0.2) is 11.7 Å². The molecule has 0 unspecified atom stereocenters. The van der Waals surface area contributed by atoms with Gasteiger partial charge >= 0.3 is 5.97 Å². The van der Waals surface area contributed by atoms with E-state index in [1.165, 1.54) is 12.3 Å². The largest absolute Gasteiger partial charge is 0.458 e. The smallest absolute Gasteiger partial charge is 0.330 e. The molecular weight excluding hydrogens is 883 g/mol. The molecule has 69 heavy (non-hydrogen) atoms. The number of fused-ring (bicyclic) bond motifs is 9. The molecule has 5 N–H and O–H groups in total. The molecule has 0 aromatic carbocycles. The summed E-state index contributed by atoms with van der Waals surface area (Å²) in [4.78, 5) is 22.9. The van der Waals surface area contributed by atoms with E-state index in [4.69, 9.17) is 37.5 Å². The van der Waals surface area contributed by atoms with Crippen LogP contribution in [0.1, 0.15) is 121 Å². The minimum absolute atomic E-state index is 0.000501. The van der Waals surface area contributed by atoms with Crippen LogP contribution in [-0.4, -0.2) is 123 Å². The number of rotatable bonds is 12. The van der Waals surface area contributed by atoms with Crippen LogP contribution in [0.25, 0.3) is 12.2 Å². The zero-order chi connectivity index (χ0) is 49.2. The van der Waals surface area contributed by atoms with E-state index in [0.717, 1.165) is 16.7 Å². The number of carbonyl (C=O) groups excluding carboxylic acids is 1. The number of allylic oxidation sites excluding steroid dienone is 3. The van der Waals surface area contributed by atoms with E-state index in [1.54, 1.807) is 18.4 Å². The lowest BCUT2D eigenvalue weighted by atomic mass is 9.79. The van der Waals surface area contributed by atoms with E-state index in [1.807, 2.05) is 78.0 Å². The van der Waals surface area contributed by atoms with E-state index in [2.05, 4.69) is 11.6 Å². The topological polar surface area (TPSA) is 216 Å². The number of aliphatic hydroxyl groups excluding tert-OH is 4. The Labute approximate surface area is 407 Å². The van der Waals surface area contributed by atoms with Gasteiger partial charge in [-0.05, 0) is 82.4 Å². The number of esters is 1. The summed E-state index contributed by atoms with van der Waals surface area (Å²) in [5, 5.41) is 53.8. The number of oxazole rings is 2. The summed E-state index contributed by atoms with van der Waals surface area (Å²) >= 11 is 0. The highest BCUT2D eigenvalue weighted by Gasteiger charge is 2.45. The highest BCUT2D eigenvalue weighted by atomic mass is 16.6. The first-order chi connectivity index (χ1) is 33.1. The molecule has 5 aliphatic rings. The minimum atomic E-state index is -1.77. The molecule has 7 heterocycles. The van der Waals surface area contributed by atoms with Gasteiger partial charge in [-0.25, -0.2) is 14.8 Å². The molecule has 0 radical (unpaired) electrons. The summed E-state index contributed by atoms with van der Waals surface area (Å²) in [7, 11) is 1.93. The van der Waals surface area contributed by atoms with Crippen molar-refractivity contribution in [3.8, 4) is 0 Å². The molecular formula is C53H73BN2O13. The molecule has 7 rings (SSSR count). The first kappa shape index (κ1) is 52.6. The Morgan fingerprint density at radius 2 is 1.77 bits per heavy atom. The van der Waals surface area contributed by atoms with Crippen LogP contribution in [0.2, 0.25) is 0 Å². The van der Waals surface area contributed by atoms with Crippen LogP contribution < -0.4 is 0 Å². The molecule has 15 nitrogen and oxygen atoms in total. The zero-order valence-corrected chi connectivity index (χ0v) is 40.8. The van der Waals surface area contributed by atoms with Crippen LogP contribution in [-0.2, 0) is 34.9 Å². The molecule has 0 aliphatic carbocycles. The number of carbonyl (C=O) groups is 1. The third-order valence-corrected chi connectivity index (χ3v) is 14.1. The summed E-state index contributed by atoms with van der Waals surface area (Å²) in [6.07, 6.45) is 19.5. The van der Waals surface area contributed by atoms with Crippen LogP contribution >= 0.6 is 0 Å². The predicted molar refractivity (Wildman–Crippen MR) is 261 cm³/mol. The maximum absolute atomic E-state index is 13.5. The highest BCUT2D eigenvalue weighted by Crippen LogP contribution is 2.40. The van der Waals surface area contributed by atoms with Crippen molar-refractivity contribution in [2.45, 2.75) is 165 Å². The molecule has 16 heteroatoms.